The summed E-state index contributed by atoms with van der Waals surface area (Å²) in [5.41, 5.74) is 2.25. The molecule has 0 radical (unpaired) electrons. The molecule has 166 valence electrons. The molecule has 2 aromatic carbocycles. The second-order valence-electron chi connectivity index (χ2n) is 8.36. The van der Waals surface area contributed by atoms with Crippen LogP contribution in [-0.2, 0) is 16.6 Å². The Bertz CT molecular complexity index is 921. The molecule has 0 unspecified atom stereocenters. The van der Waals surface area contributed by atoms with Gasteiger partial charge in [-0.1, -0.05) is 35.3 Å². The average Bonchev–Trinajstić information content (AvgIpc) is 3.10. The standard InChI is InChI=1S/C24H27Cl2NO4/c25-20-4-1-5-21(26)18(20)3-2-14-30-17-6-7-19-22(15-17)31-16-24(19)9-12-27(13-10-24)11-8-23(28)29/h1,4-7,15H,2-3,8-14,16H2,(H,28,29). The summed E-state index contributed by atoms with van der Waals surface area (Å²) >= 11 is 12.5. The summed E-state index contributed by atoms with van der Waals surface area (Å²) in [5.74, 6) is 0.975. The van der Waals surface area contributed by atoms with Crippen molar-refractivity contribution >= 4 is 29.2 Å². The lowest BCUT2D eigenvalue weighted by atomic mass is 9.74. The number of halogens is 2. The maximum absolute atomic E-state index is 10.8. The number of rotatable bonds is 8. The highest BCUT2D eigenvalue weighted by atomic mass is 35.5. The largest absolute Gasteiger partial charge is 0.493 e. The number of hydrogen-bond donors (Lipinski definition) is 1. The molecule has 1 N–H and O–H groups in total. The van der Waals surface area contributed by atoms with Crippen LogP contribution in [0.2, 0.25) is 10.0 Å². The Morgan fingerprint density at radius 3 is 2.61 bits per heavy atom. The van der Waals surface area contributed by atoms with E-state index in [-0.39, 0.29) is 11.8 Å². The van der Waals surface area contributed by atoms with Crippen molar-refractivity contribution in [3.05, 3.63) is 57.6 Å². The number of hydrogen-bond acceptors (Lipinski definition) is 4. The summed E-state index contributed by atoms with van der Waals surface area (Å²) in [4.78, 5) is 13.0. The van der Waals surface area contributed by atoms with Gasteiger partial charge in [0.05, 0.1) is 19.6 Å². The first-order valence-electron chi connectivity index (χ1n) is 10.7. The number of benzene rings is 2. The molecule has 2 heterocycles. The van der Waals surface area contributed by atoms with E-state index in [1.165, 1.54) is 5.56 Å². The number of piperidine rings is 1. The Morgan fingerprint density at radius 2 is 1.90 bits per heavy atom. The zero-order valence-corrected chi connectivity index (χ0v) is 18.9. The Labute approximate surface area is 192 Å². The molecule has 2 aromatic rings. The second kappa shape index (κ2) is 9.68. The lowest BCUT2D eigenvalue weighted by Crippen LogP contribution is -2.44. The third kappa shape index (κ3) is 5.11. The van der Waals surface area contributed by atoms with Gasteiger partial charge < -0.3 is 19.5 Å². The molecule has 2 aliphatic rings. The average molecular weight is 464 g/mol. The number of carbonyl (C=O) groups is 1. The van der Waals surface area contributed by atoms with E-state index in [9.17, 15) is 4.79 Å². The van der Waals surface area contributed by atoms with Crippen molar-refractivity contribution in [2.45, 2.75) is 37.5 Å². The van der Waals surface area contributed by atoms with Gasteiger partial charge in [0.1, 0.15) is 11.5 Å². The van der Waals surface area contributed by atoms with Crippen LogP contribution in [-0.4, -0.2) is 48.8 Å². The highest BCUT2D eigenvalue weighted by Gasteiger charge is 2.43. The van der Waals surface area contributed by atoms with Crippen LogP contribution in [0.1, 0.15) is 36.8 Å². The van der Waals surface area contributed by atoms with Crippen LogP contribution in [0.4, 0.5) is 0 Å². The molecule has 0 amide bonds. The van der Waals surface area contributed by atoms with Crippen LogP contribution >= 0.6 is 23.2 Å². The molecule has 1 fully saturated rings. The normalized spacial score (nSPS) is 17.4. The van der Waals surface area contributed by atoms with Crippen molar-refractivity contribution in [1.29, 1.82) is 0 Å². The van der Waals surface area contributed by atoms with E-state index in [4.69, 9.17) is 37.8 Å². The van der Waals surface area contributed by atoms with E-state index in [1.54, 1.807) is 0 Å². The third-order valence-corrected chi connectivity index (χ3v) is 7.09. The Hall–Kier alpha value is -1.95. The lowest BCUT2D eigenvalue weighted by molar-refractivity contribution is -0.137. The SMILES string of the molecule is O=C(O)CCN1CCC2(CC1)COc1cc(OCCCc3c(Cl)cccc3Cl)ccc12. The highest BCUT2D eigenvalue weighted by Crippen LogP contribution is 2.46. The second-order valence-corrected chi connectivity index (χ2v) is 9.18. The number of likely N-dealkylation sites (tertiary alicyclic amines) is 1. The Balaban J connectivity index is 1.30. The molecular formula is C24H27Cl2NO4. The molecule has 7 heteroatoms. The number of carboxylic acid groups (broad SMARTS) is 1. The van der Waals surface area contributed by atoms with Crippen LogP contribution < -0.4 is 9.47 Å². The Kier molecular flexibility index (Phi) is 6.95. The first kappa shape index (κ1) is 22.3. The summed E-state index contributed by atoms with van der Waals surface area (Å²) < 4.78 is 12.0. The molecule has 0 saturated carbocycles. The minimum absolute atomic E-state index is 0.0361. The van der Waals surface area contributed by atoms with Crippen molar-refractivity contribution < 1.29 is 19.4 Å². The summed E-state index contributed by atoms with van der Waals surface area (Å²) in [6.45, 7) is 3.68. The van der Waals surface area contributed by atoms with Gasteiger partial charge in [0.2, 0.25) is 0 Å². The van der Waals surface area contributed by atoms with Crippen LogP contribution in [0.3, 0.4) is 0 Å². The van der Waals surface area contributed by atoms with E-state index in [0.29, 0.717) is 29.8 Å². The van der Waals surface area contributed by atoms with Gasteiger partial charge in [0, 0.05) is 33.6 Å². The molecule has 2 aliphatic heterocycles. The van der Waals surface area contributed by atoms with Crippen molar-refractivity contribution in [3.8, 4) is 11.5 Å². The van der Waals surface area contributed by atoms with Crippen molar-refractivity contribution in [2.24, 2.45) is 0 Å². The molecule has 0 atom stereocenters. The van der Waals surface area contributed by atoms with Gasteiger partial charge in [-0.15, -0.1) is 0 Å². The van der Waals surface area contributed by atoms with Gasteiger partial charge in [-0.25, -0.2) is 0 Å². The molecule has 1 spiro atoms. The predicted octanol–water partition coefficient (Wildman–Crippen LogP) is 5.21. The number of nitrogens with zero attached hydrogens (tertiary/aromatic N) is 1. The number of aliphatic carboxylic acids is 1. The van der Waals surface area contributed by atoms with Gasteiger partial charge in [-0.2, -0.15) is 0 Å². The van der Waals surface area contributed by atoms with Crippen LogP contribution in [0.15, 0.2) is 36.4 Å². The molecule has 5 nitrogen and oxygen atoms in total. The zero-order chi connectivity index (χ0) is 21.8. The van der Waals surface area contributed by atoms with Gasteiger partial charge in [0.25, 0.3) is 0 Å². The monoisotopic (exact) mass is 463 g/mol. The maximum Gasteiger partial charge on any atom is 0.304 e. The van der Waals surface area contributed by atoms with E-state index >= 15 is 0 Å². The maximum atomic E-state index is 10.8. The van der Waals surface area contributed by atoms with Crippen molar-refractivity contribution in [1.82, 2.24) is 4.90 Å². The summed E-state index contributed by atoms with van der Waals surface area (Å²) in [6, 6.07) is 11.7. The molecule has 0 aromatic heterocycles. The number of ether oxygens (including phenoxy) is 2. The van der Waals surface area contributed by atoms with Crippen LogP contribution in [0, 0.1) is 0 Å². The van der Waals surface area contributed by atoms with E-state index in [0.717, 1.165) is 55.8 Å². The lowest BCUT2D eigenvalue weighted by Gasteiger charge is -2.38. The number of carboxylic acids is 1. The van der Waals surface area contributed by atoms with Crippen molar-refractivity contribution in [3.63, 3.8) is 0 Å². The van der Waals surface area contributed by atoms with E-state index < -0.39 is 5.97 Å². The Morgan fingerprint density at radius 1 is 1.16 bits per heavy atom. The zero-order valence-electron chi connectivity index (χ0n) is 17.4. The van der Waals surface area contributed by atoms with Gasteiger partial charge in [0.15, 0.2) is 0 Å². The smallest absolute Gasteiger partial charge is 0.304 e. The fourth-order valence-corrected chi connectivity index (χ4v) is 5.11. The molecule has 0 bridgehead atoms. The molecule has 1 saturated heterocycles. The van der Waals surface area contributed by atoms with Crippen LogP contribution in [0.25, 0.3) is 0 Å². The predicted molar refractivity (Wildman–Crippen MR) is 122 cm³/mol. The molecule has 4 rings (SSSR count). The number of fused-ring (bicyclic) bond motifs is 2. The first-order chi connectivity index (χ1) is 15.0. The molecular weight excluding hydrogens is 437 g/mol. The van der Waals surface area contributed by atoms with E-state index in [2.05, 4.69) is 11.0 Å². The minimum atomic E-state index is -0.739. The first-order valence-corrected chi connectivity index (χ1v) is 11.5. The van der Waals surface area contributed by atoms with Gasteiger partial charge in [-0.3, -0.25) is 4.79 Å². The summed E-state index contributed by atoms with van der Waals surface area (Å²) in [7, 11) is 0. The van der Waals surface area contributed by atoms with Crippen molar-refractivity contribution in [2.75, 3.05) is 32.8 Å². The molecule has 31 heavy (non-hydrogen) atoms. The van der Waals surface area contributed by atoms with Crippen LogP contribution in [0.5, 0.6) is 11.5 Å². The topological polar surface area (TPSA) is 59.0 Å². The van der Waals surface area contributed by atoms with Gasteiger partial charge >= 0.3 is 5.97 Å². The summed E-state index contributed by atoms with van der Waals surface area (Å²) in [5, 5.41) is 10.3. The quantitative estimate of drug-likeness (QED) is 0.544. The molecule has 0 aliphatic carbocycles. The minimum Gasteiger partial charge on any atom is -0.493 e. The highest BCUT2D eigenvalue weighted by molar-refractivity contribution is 6.35. The third-order valence-electron chi connectivity index (χ3n) is 6.38. The fraction of sp³-hybridized carbons (Fsp3) is 0.458. The fourth-order valence-electron chi connectivity index (χ4n) is 4.53. The van der Waals surface area contributed by atoms with Gasteiger partial charge in [-0.05, 0) is 62.5 Å². The summed E-state index contributed by atoms with van der Waals surface area (Å²) in [6.07, 6.45) is 3.75. The van der Waals surface area contributed by atoms with E-state index in [1.807, 2.05) is 30.3 Å².